The van der Waals surface area contributed by atoms with Gasteiger partial charge in [-0.1, -0.05) is 121 Å². The number of aliphatic hydroxyl groups excluding tert-OH is 1. The van der Waals surface area contributed by atoms with Crippen LogP contribution in [0.4, 0.5) is 0 Å². The molecule has 3 fully saturated rings. The van der Waals surface area contributed by atoms with Crippen LogP contribution in [0.15, 0.2) is 121 Å². The molecule has 3 aliphatic rings. The van der Waals surface area contributed by atoms with Gasteiger partial charge in [0.15, 0.2) is 18.9 Å². The molecular formula is C42H49NO10. The quantitative estimate of drug-likeness (QED) is 0.174. The Bertz CT molecular complexity index is 1640. The number of hydrogen-bond donors (Lipinski definition) is 2. The maximum absolute atomic E-state index is 11.6. The van der Waals surface area contributed by atoms with E-state index in [1.807, 2.05) is 121 Å². The minimum Gasteiger partial charge on any atom is -0.386 e. The Morgan fingerprint density at radius 2 is 1.11 bits per heavy atom. The zero-order chi connectivity index (χ0) is 36.4. The average molecular weight is 728 g/mol. The number of methoxy groups -OCH3 is 2. The van der Waals surface area contributed by atoms with E-state index in [0.717, 1.165) is 22.3 Å². The first-order valence-corrected chi connectivity index (χ1v) is 18.2. The van der Waals surface area contributed by atoms with Crippen LogP contribution in [0.25, 0.3) is 0 Å². The van der Waals surface area contributed by atoms with Crippen LogP contribution < -0.4 is 5.32 Å². The number of fused-ring (bicyclic) bond motifs is 1. The van der Waals surface area contributed by atoms with Crippen molar-refractivity contribution < 1.29 is 47.7 Å². The first-order valence-electron chi connectivity index (χ1n) is 18.2. The summed E-state index contributed by atoms with van der Waals surface area (Å²) in [5, 5.41) is 15.1. The molecule has 0 spiro atoms. The molecule has 11 heteroatoms. The molecule has 4 aromatic carbocycles. The predicted octanol–water partition coefficient (Wildman–Crippen LogP) is 4.92. The number of ether oxygens (including phenoxy) is 9. The van der Waals surface area contributed by atoms with Gasteiger partial charge < -0.3 is 53.1 Å². The van der Waals surface area contributed by atoms with Gasteiger partial charge in [-0.3, -0.25) is 0 Å². The van der Waals surface area contributed by atoms with Gasteiger partial charge in [0, 0.05) is 26.3 Å². The van der Waals surface area contributed by atoms with E-state index in [9.17, 15) is 5.11 Å². The zero-order valence-corrected chi connectivity index (χ0v) is 30.1. The Kier molecular flexibility index (Phi) is 13.3. The molecule has 0 aliphatic carbocycles. The third kappa shape index (κ3) is 9.40. The van der Waals surface area contributed by atoms with Crippen LogP contribution in [0.1, 0.15) is 28.5 Å². The summed E-state index contributed by atoms with van der Waals surface area (Å²) < 4.78 is 57.0. The van der Waals surface area contributed by atoms with Crippen LogP contribution in [0.5, 0.6) is 0 Å². The number of rotatable bonds is 15. The fourth-order valence-corrected chi connectivity index (χ4v) is 7.16. The first-order chi connectivity index (χ1) is 26.1. The third-order valence-electron chi connectivity index (χ3n) is 9.91. The molecule has 7 rings (SSSR count). The van der Waals surface area contributed by atoms with Gasteiger partial charge in [-0.25, -0.2) is 0 Å². The van der Waals surface area contributed by atoms with Crippen molar-refractivity contribution >= 4 is 0 Å². The van der Waals surface area contributed by atoms with Gasteiger partial charge in [0.25, 0.3) is 0 Å². The molecule has 3 aliphatic heterocycles. The second kappa shape index (κ2) is 18.7. The minimum absolute atomic E-state index is 0.248. The predicted molar refractivity (Wildman–Crippen MR) is 194 cm³/mol. The van der Waals surface area contributed by atoms with E-state index in [0.29, 0.717) is 19.8 Å². The summed E-state index contributed by atoms with van der Waals surface area (Å²) >= 11 is 0. The van der Waals surface area contributed by atoms with Crippen molar-refractivity contribution in [1.82, 2.24) is 5.32 Å². The van der Waals surface area contributed by atoms with Gasteiger partial charge in [-0.15, -0.1) is 0 Å². The monoisotopic (exact) mass is 727 g/mol. The Morgan fingerprint density at radius 3 is 1.66 bits per heavy atom. The van der Waals surface area contributed by atoms with Crippen LogP contribution in [0.3, 0.4) is 0 Å². The van der Waals surface area contributed by atoms with E-state index in [1.165, 1.54) is 7.11 Å². The molecule has 282 valence electrons. The SMILES string of the molecule is CO[C@H]1O[C@@H]2CO[C@@H](c3ccccc3)O[C@H]2[C@H](NC[C@H]2O[C@H](OC)[C@@H](OCc3ccccc3)[C@@H](OCc3ccccc3)[C@@H]2OCc2ccccc2)[C@@H]1O. The summed E-state index contributed by atoms with van der Waals surface area (Å²) in [6, 6.07) is 39.1. The lowest BCUT2D eigenvalue weighted by atomic mass is 9.93. The summed E-state index contributed by atoms with van der Waals surface area (Å²) in [4.78, 5) is 0. The molecule has 4 aromatic rings. The van der Waals surface area contributed by atoms with Crippen LogP contribution in [0.2, 0.25) is 0 Å². The fourth-order valence-electron chi connectivity index (χ4n) is 7.16. The van der Waals surface area contributed by atoms with E-state index in [2.05, 4.69) is 5.32 Å². The molecule has 0 unspecified atom stereocenters. The van der Waals surface area contributed by atoms with E-state index in [4.69, 9.17) is 42.6 Å². The smallest absolute Gasteiger partial charge is 0.186 e. The third-order valence-corrected chi connectivity index (χ3v) is 9.91. The number of aliphatic hydroxyl groups is 1. The lowest BCUT2D eigenvalue weighted by Crippen LogP contribution is -2.68. The van der Waals surface area contributed by atoms with Crippen LogP contribution in [-0.2, 0) is 62.5 Å². The molecular weight excluding hydrogens is 678 g/mol. The Labute approximate surface area is 311 Å². The van der Waals surface area contributed by atoms with Crippen molar-refractivity contribution in [3.63, 3.8) is 0 Å². The lowest BCUT2D eigenvalue weighted by molar-refractivity contribution is -0.343. The molecule has 53 heavy (non-hydrogen) atoms. The Hall–Kier alpha value is -3.56. The molecule has 11 atom stereocenters. The largest absolute Gasteiger partial charge is 0.386 e. The normalized spacial score (nSPS) is 31.5. The molecule has 0 radical (unpaired) electrons. The highest BCUT2D eigenvalue weighted by atomic mass is 16.7. The van der Waals surface area contributed by atoms with Crippen molar-refractivity contribution in [1.29, 1.82) is 0 Å². The molecule has 0 bridgehead atoms. The van der Waals surface area contributed by atoms with E-state index in [-0.39, 0.29) is 13.2 Å². The molecule has 0 amide bonds. The highest BCUT2D eigenvalue weighted by Gasteiger charge is 2.52. The van der Waals surface area contributed by atoms with Crippen LogP contribution >= 0.6 is 0 Å². The highest BCUT2D eigenvalue weighted by molar-refractivity contribution is 5.18. The van der Waals surface area contributed by atoms with Crippen molar-refractivity contribution in [2.75, 3.05) is 27.4 Å². The van der Waals surface area contributed by atoms with Gasteiger partial charge >= 0.3 is 0 Å². The fraction of sp³-hybridized carbons (Fsp3) is 0.429. The van der Waals surface area contributed by atoms with Crippen LogP contribution in [0, 0.1) is 0 Å². The molecule has 0 saturated carbocycles. The van der Waals surface area contributed by atoms with E-state index in [1.54, 1.807) is 7.11 Å². The van der Waals surface area contributed by atoms with Gasteiger partial charge in [0.2, 0.25) is 0 Å². The average Bonchev–Trinajstić information content (AvgIpc) is 3.22. The maximum Gasteiger partial charge on any atom is 0.186 e. The van der Waals surface area contributed by atoms with Crippen molar-refractivity contribution in [2.24, 2.45) is 0 Å². The molecule has 0 aromatic heterocycles. The summed E-state index contributed by atoms with van der Waals surface area (Å²) in [7, 11) is 3.11. The molecule has 11 nitrogen and oxygen atoms in total. The van der Waals surface area contributed by atoms with Gasteiger partial charge in [0.1, 0.15) is 42.7 Å². The summed E-state index contributed by atoms with van der Waals surface area (Å²) in [5.74, 6) is 0. The second-order valence-electron chi connectivity index (χ2n) is 13.4. The standard InChI is InChI=1S/C42H49NO10/c1-45-41-35(44)34(36-33(52-41)27-50-40(53-36)31-21-13-6-14-22-31)43-23-32-37(47-24-28-15-7-3-8-16-28)38(48-25-29-17-9-4-10-18-29)39(42(46-2)51-32)49-26-30-19-11-5-12-20-30/h3-22,32-44H,23-27H2,1-2H3/t32-,33-,34-,35+,36-,37-,38+,39+,40-,41+,42+/m1/s1. The second-order valence-corrected chi connectivity index (χ2v) is 13.4. The molecule has 3 heterocycles. The maximum atomic E-state index is 11.6. The Balaban J connectivity index is 1.16. The first kappa shape index (κ1) is 37.7. The summed E-state index contributed by atoms with van der Waals surface area (Å²) in [5.41, 5.74) is 3.90. The van der Waals surface area contributed by atoms with Crippen molar-refractivity contribution in [3.05, 3.63) is 144 Å². The Morgan fingerprint density at radius 1 is 0.604 bits per heavy atom. The van der Waals surface area contributed by atoms with E-state index < -0.39 is 67.6 Å². The van der Waals surface area contributed by atoms with E-state index >= 15 is 0 Å². The number of nitrogens with one attached hydrogen (secondary N) is 1. The zero-order valence-electron chi connectivity index (χ0n) is 30.1. The lowest BCUT2D eigenvalue weighted by Gasteiger charge is -2.49. The van der Waals surface area contributed by atoms with Gasteiger partial charge in [0.05, 0.1) is 32.5 Å². The number of hydrogen-bond acceptors (Lipinski definition) is 11. The number of benzene rings is 4. The van der Waals surface area contributed by atoms with Crippen molar-refractivity contribution in [3.8, 4) is 0 Å². The summed E-state index contributed by atoms with van der Waals surface area (Å²) in [6.07, 6.45) is -6.86. The minimum atomic E-state index is -1.06. The van der Waals surface area contributed by atoms with Crippen molar-refractivity contribution in [2.45, 2.75) is 87.5 Å². The topological polar surface area (TPSA) is 115 Å². The van der Waals surface area contributed by atoms with Crippen LogP contribution in [-0.4, -0.2) is 93.8 Å². The molecule has 2 N–H and O–H groups in total. The summed E-state index contributed by atoms with van der Waals surface area (Å²) in [6.45, 7) is 1.48. The highest BCUT2D eigenvalue weighted by Crippen LogP contribution is 2.35. The molecule has 3 saturated heterocycles. The van der Waals surface area contributed by atoms with Gasteiger partial charge in [-0.05, 0) is 16.7 Å². The van der Waals surface area contributed by atoms with Gasteiger partial charge in [-0.2, -0.15) is 0 Å².